The second-order valence-corrected chi connectivity index (χ2v) is 4.51. The van der Waals surface area contributed by atoms with Crippen molar-refractivity contribution in [2.75, 3.05) is 26.2 Å². The molecule has 0 saturated carbocycles. The van der Waals surface area contributed by atoms with Gasteiger partial charge in [-0.05, 0) is 6.92 Å². The Kier molecular flexibility index (Phi) is 5.39. The summed E-state index contributed by atoms with van der Waals surface area (Å²) in [6.45, 7) is -0.225. The lowest BCUT2D eigenvalue weighted by Gasteiger charge is -2.37. The van der Waals surface area contributed by atoms with Gasteiger partial charge < -0.3 is 20.2 Å². The molecule has 0 bridgehead atoms. The van der Waals surface area contributed by atoms with Crippen LogP contribution in [-0.4, -0.2) is 71.2 Å². The van der Waals surface area contributed by atoms with Crippen LogP contribution in [0.3, 0.4) is 0 Å². The van der Waals surface area contributed by atoms with E-state index in [1.54, 1.807) is 0 Å². The van der Waals surface area contributed by atoms with Gasteiger partial charge in [0, 0.05) is 19.6 Å². The quantitative estimate of drug-likeness (QED) is 0.779. The molecule has 1 unspecified atom stereocenters. The lowest BCUT2D eigenvalue weighted by atomic mass is 10.1. The highest BCUT2D eigenvalue weighted by atomic mass is 19.4. The van der Waals surface area contributed by atoms with Crippen LogP contribution in [0.5, 0.6) is 0 Å². The Balaban J connectivity index is 2.89. The highest BCUT2D eigenvalue weighted by Crippen LogP contribution is 2.19. The minimum absolute atomic E-state index is 0.0309. The Morgan fingerprint density at radius 3 is 2.57 bits per heavy atom. The number of rotatable bonds is 4. The number of carbonyl (C=O) groups excluding carboxylic acids is 2. The molecule has 1 heterocycles. The number of aliphatic carboxylic acids is 1. The van der Waals surface area contributed by atoms with Gasteiger partial charge in [0.25, 0.3) is 0 Å². The Hall–Kier alpha value is -2.00. The third kappa shape index (κ3) is 4.80. The summed E-state index contributed by atoms with van der Waals surface area (Å²) in [6.07, 6.45) is -5.22. The number of nitrogens with zero attached hydrogens (tertiary/aromatic N) is 2. The van der Waals surface area contributed by atoms with Crippen molar-refractivity contribution in [3.8, 4) is 0 Å². The molecule has 0 spiro atoms. The number of nitrogens with one attached hydrogen (secondary N) is 1. The molecular weight excluding hydrogens is 295 g/mol. The molecule has 1 saturated heterocycles. The maximum absolute atomic E-state index is 12.4. The number of carbonyl (C=O) groups is 3. The summed E-state index contributed by atoms with van der Waals surface area (Å²) in [5.41, 5.74) is 0. The van der Waals surface area contributed by atoms with Crippen molar-refractivity contribution < 1.29 is 32.7 Å². The van der Waals surface area contributed by atoms with Gasteiger partial charge in [0.05, 0.1) is 6.42 Å². The third-order valence-corrected chi connectivity index (χ3v) is 2.97. The molecule has 0 aromatic carbocycles. The number of hydrogen-bond donors (Lipinski definition) is 2. The fourth-order valence-corrected chi connectivity index (χ4v) is 2.02. The van der Waals surface area contributed by atoms with Crippen molar-refractivity contribution in [3.05, 3.63) is 0 Å². The van der Waals surface area contributed by atoms with Crippen LogP contribution in [0.25, 0.3) is 0 Å². The molecule has 7 nitrogen and oxygen atoms in total. The molecule has 1 aliphatic heterocycles. The zero-order valence-electron chi connectivity index (χ0n) is 11.3. The number of amides is 3. The van der Waals surface area contributed by atoms with Gasteiger partial charge in [-0.2, -0.15) is 13.2 Å². The molecule has 120 valence electrons. The first-order valence-corrected chi connectivity index (χ1v) is 6.27. The van der Waals surface area contributed by atoms with Gasteiger partial charge in [0.1, 0.15) is 12.6 Å². The number of piperazine rings is 1. The van der Waals surface area contributed by atoms with E-state index >= 15 is 0 Å². The summed E-state index contributed by atoms with van der Waals surface area (Å²) >= 11 is 0. The zero-order valence-corrected chi connectivity index (χ0v) is 11.3. The van der Waals surface area contributed by atoms with Gasteiger partial charge in [-0.25, -0.2) is 4.79 Å². The van der Waals surface area contributed by atoms with E-state index in [9.17, 15) is 27.6 Å². The molecule has 1 aliphatic rings. The Labute approximate surface area is 118 Å². The number of carboxylic acid groups (broad SMARTS) is 1. The maximum atomic E-state index is 12.4. The minimum Gasteiger partial charge on any atom is -0.481 e. The van der Waals surface area contributed by atoms with Crippen LogP contribution in [0.4, 0.5) is 18.0 Å². The van der Waals surface area contributed by atoms with Crippen LogP contribution in [0.1, 0.15) is 13.3 Å². The molecule has 1 fully saturated rings. The number of halogens is 3. The Morgan fingerprint density at radius 2 is 2.10 bits per heavy atom. The highest BCUT2D eigenvalue weighted by Gasteiger charge is 2.39. The van der Waals surface area contributed by atoms with E-state index in [0.29, 0.717) is 4.90 Å². The third-order valence-electron chi connectivity index (χ3n) is 2.97. The van der Waals surface area contributed by atoms with Crippen molar-refractivity contribution in [1.82, 2.24) is 15.1 Å². The average molecular weight is 311 g/mol. The molecule has 2 N–H and O–H groups in total. The SMILES string of the molecule is CCN(CC(F)(F)F)C(=O)N1CCNC(=O)C1CC(=O)O. The van der Waals surface area contributed by atoms with Gasteiger partial charge in [-0.3, -0.25) is 9.59 Å². The fourth-order valence-electron chi connectivity index (χ4n) is 2.02. The average Bonchev–Trinajstić information content (AvgIpc) is 2.36. The Bertz CT molecular complexity index is 427. The second kappa shape index (κ2) is 6.64. The van der Waals surface area contributed by atoms with E-state index in [2.05, 4.69) is 5.32 Å². The van der Waals surface area contributed by atoms with Crippen LogP contribution < -0.4 is 5.32 Å². The van der Waals surface area contributed by atoms with Crippen LogP contribution in [0.15, 0.2) is 0 Å². The number of hydrogen-bond acceptors (Lipinski definition) is 3. The van der Waals surface area contributed by atoms with Crippen molar-refractivity contribution in [2.24, 2.45) is 0 Å². The maximum Gasteiger partial charge on any atom is 0.406 e. The van der Waals surface area contributed by atoms with E-state index in [1.165, 1.54) is 6.92 Å². The van der Waals surface area contributed by atoms with Gasteiger partial charge in [-0.15, -0.1) is 0 Å². The zero-order chi connectivity index (χ0) is 16.2. The molecule has 0 aromatic heterocycles. The molecule has 0 aliphatic carbocycles. The first kappa shape index (κ1) is 17.1. The molecule has 1 atom stereocenters. The van der Waals surface area contributed by atoms with Crippen molar-refractivity contribution in [1.29, 1.82) is 0 Å². The molecule has 3 amide bonds. The predicted octanol–water partition coefficient (Wildman–Crippen LogP) is 0.266. The van der Waals surface area contributed by atoms with Crippen molar-refractivity contribution in [3.63, 3.8) is 0 Å². The summed E-state index contributed by atoms with van der Waals surface area (Å²) < 4.78 is 37.3. The fraction of sp³-hybridized carbons (Fsp3) is 0.727. The summed E-state index contributed by atoms with van der Waals surface area (Å²) in [5, 5.41) is 11.1. The van der Waals surface area contributed by atoms with Crippen molar-refractivity contribution >= 4 is 17.9 Å². The lowest BCUT2D eigenvalue weighted by Crippen LogP contribution is -2.61. The van der Waals surface area contributed by atoms with Crippen LogP contribution in [0.2, 0.25) is 0 Å². The summed E-state index contributed by atoms with van der Waals surface area (Å²) in [7, 11) is 0. The van der Waals surface area contributed by atoms with E-state index < -0.39 is 43.1 Å². The summed E-state index contributed by atoms with van der Waals surface area (Å²) in [4.78, 5) is 35.9. The first-order chi connectivity index (χ1) is 9.65. The lowest BCUT2D eigenvalue weighted by molar-refractivity contribution is -0.145. The summed E-state index contributed by atoms with van der Waals surface area (Å²) in [5.74, 6) is -1.99. The van der Waals surface area contributed by atoms with E-state index in [4.69, 9.17) is 5.11 Å². The number of alkyl halides is 3. The molecule has 1 rings (SSSR count). The van der Waals surface area contributed by atoms with Crippen molar-refractivity contribution in [2.45, 2.75) is 25.6 Å². The molecule has 21 heavy (non-hydrogen) atoms. The van der Waals surface area contributed by atoms with E-state index in [1.807, 2.05) is 0 Å². The standard InChI is InChI=1S/C11H16F3N3O4/c1-2-16(6-11(12,13)14)10(21)17-4-3-15-9(20)7(17)5-8(18)19/h7H,2-6H2,1H3,(H,15,20)(H,18,19). The number of carboxylic acids is 1. The smallest absolute Gasteiger partial charge is 0.406 e. The second-order valence-electron chi connectivity index (χ2n) is 4.51. The van der Waals surface area contributed by atoms with E-state index in [0.717, 1.165) is 4.90 Å². The molecule has 0 aromatic rings. The highest BCUT2D eigenvalue weighted by molar-refractivity contribution is 5.91. The molecule has 10 heteroatoms. The topological polar surface area (TPSA) is 90.0 Å². The van der Waals surface area contributed by atoms with E-state index in [-0.39, 0.29) is 19.6 Å². The monoisotopic (exact) mass is 311 g/mol. The Morgan fingerprint density at radius 1 is 1.48 bits per heavy atom. The minimum atomic E-state index is -4.56. The normalized spacial score (nSPS) is 19.1. The largest absolute Gasteiger partial charge is 0.481 e. The molecule has 0 radical (unpaired) electrons. The van der Waals surface area contributed by atoms with Gasteiger partial charge in [0.15, 0.2) is 0 Å². The predicted molar refractivity (Wildman–Crippen MR) is 64.5 cm³/mol. The number of urea groups is 1. The van der Waals surface area contributed by atoms with Crippen LogP contribution in [0, 0.1) is 0 Å². The van der Waals surface area contributed by atoms with Gasteiger partial charge >= 0.3 is 18.2 Å². The van der Waals surface area contributed by atoms with Crippen LogP contribution in [-0.2, 0) is 9.59 Å². The van der Waals surface area contributed by atoms with Gasteiger partial charge in [-0.1, -0.05) is 0 Å². The van der Waals surface area contributed by atoms with Gasteiger partial charge in [0.2, 0.25) is 5.91 Å². The summed E-state index contributed by atoms with van der Waals surface area (Å²) in [6, 6.07) is -2.29. The first-order valence-electron chi connectivity index (χ1n) is 6.27. The molecular formula is C11H16F3N3O4. The van der Waals surface area contributed by atoms with Crippen LogP contribution >= 0.6 is 0 Å².